The van der Waals surface area contributed by atoms with Gasteiger partial charge < -0.3 is 24.5 Å². The molecule has 3 fully saturated rings. The molecular weight excluding hydrogens is 388 g/mol. The van der Waals surface area contributed by atoms with Gasteiger partial charge in [-0.2, -0.15) is 4.98 Å². The summed E-state index contributed by atoms with van der Waals surface area (Å²) in [5.41, 5.74) is 5.28. The Labute approximate surface area is 173 Å². The minimum Gasteiger partial charge on any atom is -0.423 e. The van der Waals surface area contributed by atoms with E-state index in [-0.39, 0.29) is 12.7 Å². The van der Waals surface area contributed by atoms with E-state index in [4.69, 9.17) is 14.1 Å². The summed E-state index contributed by atoms with van der Waals surface area (Å²) >= 11 is 1.56. The smallest absolute Gasteiger partial charge is 0.298 e. The number of nitrogens with one attached hydrogen (secondary N) is 1. The molecule has 2 bridgehead atoms. The summed E-state index contributed by atoms with van der Waals surface area (Å²) in [5.74, 6) is 0. The summed E-state index contributed by atoms with van der Waals surface area (Å²) in [7, 11) is 0. The molecule has 0 spiro atoms. The highest BCUT2D eigenvalue weighted by Crippen LogP contribution is 2.37. The highest BCUT2D eigenvalue weighted by atomic mass is 32.1. The third-order valence-corrected chi connectivity index (χ3v) is 6.18. The van der Waals surface area contributed by atoms with Crippen molar-refractivity contribution in [1.29, 1.82) is 0 Å². The Kier molecular flexibility index (Phi) is 4.62. The van der Waals surface area contributed by atoms with Crippen LogP contribution in [0.2, 0.25) is 0 Å². The van der Waals surface area contributed by atoms with E-state index in [0.717, 1.165) is 41.0 Å². The van der Waals surface area contributed by atoms with Gasteiger partial charge >= 0.3 is 0 Å². The molecular formula is C21H26N4O3S. The van der Waals surface area contributed by atoms with E-state index in [2.05, 4.69) is 15.2 Å². The second kappa shape index (κ2) is 7.05. The summed E-state index contributed by atoms with van der Waals surface area (Å²) < 4.78 is 12.3. The zero-order valence-corrected chi connectivity index (χ0v) is 17.7. The van der Waals surface area contributed by atoms with Gasteiger partial charge in [0, 0.05) is 41.7 Å². The minimum atomic E-state index is -0.884. The molecule has 6 rings (SSSR count). The van der Waals surface area contributed by atoms with Crippen molar-refractivity contribution in [1.82, 2.24) is 15.3 Å². The second-order valence-corrected chi connectivity index (χ2v) is 9.44. The molecule has 3 saturated heterocycles. The van der Waals surface area contributed by atoms with E-state index >= 15 is 0 Å². The van der Waals surface area contributed by atoms with Crippen molar-refractivity contribution in [2.45, 2.75) is 51.0 Å². The fourth-order valence-electron chi connectivity index (χ4n) is 4.11. The lowest BCUT2D eigenvalue weighted by atomic mass is 9.92. The molecule has 1 aromatic carbocycles. The summed E-state index contributed by atoms with van der Waals surface area (Å²) in [5, 5.41) is 15.6. The van der Waals surface area contributed by atoms with Crippen LogP contribution in [0.1, 0.15) is 38.9 Å². The molecule has 7 nitrogen and oxygen atoms in total. The number of piperazine rings is 1. The molecule has 3 unspecified atom stereocenters. The van der Waals surface area contributed by atoms with Crippen LogP contribution in [0.15, 0.2) is 27.4 Å². The van der Waals surface area contributed by atoms with Crippen LogP contribution in [0.25, 0.3) is 22.4 Å². The number of hydrogen-bond acceptors (Lipinski definition) is 8. The van der Waals surface area contributed by atoms with Crippen molar-refractivity contribution in [2.75, 3.05) is 24.6 Å². The first-order chi connectivity index (χ1) is 13.9. The van der Waals surface area contributed by atoms with Gasteiger partial charge in [0.1, 0.15) is 5.52 Å². The topological polar surface area (TPSA) is 83.7 Å². The van der Waals surface area contributed by atoms with Gasteiger partial charge in [-0.3, -0.25) is 0 Å². The maximum Gasteiger partial charge on any atom is 0.298 e. The number of piperidine rings is 1. The second-order valence-electron chi connectivity index (χ2n) is 8.72. The van der Waals surface area contributed by atoms with Gasteiger partial charge in [0.15, 0.2) is 5.58 Å². The normalized spacial score (nSPS) is 22.7. The molecule has 3 aliphatic heterocycles. The van der Waals surface area contributed by atoms with Gasteiger partial charge in [0.2, 0.25) is 0 Å². The van der Waals surface area contributed by atoms with E-state index in [1.54, 1.807) is 25.2 Å². The van der Waals surface area contributed by atoms with Crippen LogP contribution in [-0.2, 0) is 4.74 Å². The molecule has 3 atom stereocenters. The number of thiazole rings is 1. The Balaban J connectivity index is 1.54. The van der Waals surface area contributed by atoms with Crippen LogP contribution >= 0.6 is 11.3 Å². The van der Waals surface area contributed by atoms with Gasteiger partial charge in [0.25, 0.3) is 6.01 Å². The zero-order chi connectivity index (χ0) is 20.2. The fraction of sp³-hybridized carbons (Fsp3) is 0.524. The van der Waals surface area contributed by atoms with Crippen molar-refractivity contribution < 1.29 is 14.3 Å². The monoisotopic (exact) mass is 414 g/mol. The predicted octanol–water partition coefficient (Wildman–Crippen LogP) is 3.35. The standard InChI is InChI=1S/C21H26N4O3S/c1-12(27-10-21(2,3)26)15-4-5-16(17-9-29-11-22-17)19-18(15)24-20(28-19)25-7-13-6-14(8-25)23-13/h4-5,9,11-14,23,26H,6-8,10H2,1-3H3. The van der Waals surface area contributed by atoms with Crippen LogP contribution in [-0.4, -0.2) is 52.5 Å². The molecule has 0 saturated carbocycles. The molecule has 0 aliphatic carbocycles. The van der Waals surface area contributed by atoms with E-state index < -0.39 is 5.60 Å². The Morgan fingerprint density at radius 1 is 1.38 bits per heavy atom. The molecule has 8 heteroatoms. The van der Waals surface area contributed by atoms with Gasteiger partial charge in [-0.25, -0.2) is 4.98 Å². The first-order valence-electron chi connectivity index (χ1n) is 10.0. The van der Waals surface area contributed by atoms with Gasteiger partial charge in [0.05, 0.1) is 29.5 Å². The number of anilines is 1. The number of aliphatic hydroxyl groups is 1. The number of aromatic nitrogens is 2. The van der Waals surface area contributed by atoms with E-state index in [0.29, 0.717) is 18.1 Å². The van der Waals surface area contributed by atoms with Crippen LogP contribution in [0.3, 0.4) is 0 Å². The van der Waals surface area contributed by atoms with Crippen LogP contribution in [0, 0.1) is 0 Å². The minimum absolute atomic E-state index is 0.220. The summed E-state index contributed by atoms with van der Waals surface area (Å²) in [6.07, 6.45) is 1.01. The van der Waals surface area contributed by atoms with Gasteiger partial charge in [-0.1, -0.05) is 6.07 Å². The Morgan fingerprint density at radius 3 is 2.79 bits per heavy atom. The van der Waals surface area contributed by atoms with Crippen molar-refractivity contribution >= 4 is 28.5 Å². The van der Waals surface area contributed by atoms with Crippen molar-refractivity contribution in [2.24, 2.45) is 0 Å². The maximum absolute atomic E-state index is 10.0. The number of ether oxygens (including phenoxy) is 1. The van der Waals surface area contributed by atoms with Crippen LogP contribution in [0.4, 0.5) is 6.01 Å². The van der Waals surface area contributed by atoms with E-state index in [1.165, 1.54) is 6.42 Å². The largest absolute Gasteiger partial charge is 0.423 e. The predicted molar refractivity (Wildman–Crippen MR) is 113 cm³/mol. The number of benzene rings is 1. The quantitative estimate of drug-likeness (QED) is 0.640. The molecule has 0 amide bonds. The number of hydrogen-bond donors (Lipinski definition) is 2. The number of nitrogens with zero attached hydrogens (tertiary/aromatic N) is 3. The van der Waals surface area contributed by atoms with Crippen molar-refractivity contribution in [3.63, 3.8) is 0 Å². The molecule has 2 aromatic heterocycles. The first-order valence-corrected chi connectivity index (χ1v) is 11.0. The maximum atomic E-state index is 10.0. The molecule has 29 heavy (non-hydrogen) atoms. The molecule has 2 N–H and O–H groups in total. The van der Waals surface area contributed by atoms with Crippen molar-refractivity contribution in [3.8, 4) is 11.3 Å². The highest BCUT2D eigenvalue weighted by Gasteiger charge is 2.38. The molecule has 154 valence electrons. The SMILES string of the molecule is CC(OCC(C)(C)O)c1ccc(-c2cscn2)c2oc(N3CC4CC(C3)N4)nc12. The lowest BCUT2D eigenvalue weighted by Crippen LogP contribution is -2.67. The van der Waals surface area contributed by atoms with Crippen LogP contribution in [0.5, 0.6) is 0 Å². The average Bonchev–Trinajstić information content (AvgIpc) is 3.34. The Hall–Kier alpha value is -2.00. The molecule has 0 radical (unpaired) electrons. The number of fused-ring (bicyclic) bond motifs is 3. The van der Waals surface area contributed by atoms with E-state index in [1.807, 2.05) is 29.9 Å². The van der Waals surface area contributed by atoms with Gasteiger partial charge in [-0.15, -0.1) is 11.3 Å². The lowest BCUT2D eigenvalue weighted by Gasteiger charge is -2.47. The number of rotatable bonds is 6. The van der Waals surface area contributed by atoms with Gasteiger partial charge in [-0.05, 0) is 33.3 Å². The molecule has 3 aromatic rings. The average molecular weight is 415 g/mol. The lowest BCUT2D eigenvalue weighted by molar-refractivity contribution is -0.0483. The fourth-order valence-corrected chi connectivity index (χ4v) is 4.67. The van der Waals surface area contributed by atoms with Crippen LogP contribution < -0.4 is 10.2 Å². The number of oxazole rings is 1. The van der Waals surface area contributed by atoms with Crippen molar-refractivity contribution in [3.05, 3.63) is 28.6 Å². The highest BCUT2D eigenvalue weighted by molar-refractivity contribution is 7.07. The molecule has 5 heterocycles. The third-order valence-electron chi connectivity index (χ3n) is 5.59. The Morgan fingerprint density at radius 2 is 2.14 bits per heavy atom. The zero-order valence-electron chi connectivity index (χ0n) is 16.9. The summed E-state index contributed by atoms with van der Waals surface area (Å²) in [6.45, 7) is 7.53. The summed E-state index contributed by atoms with van der Waals surface area (Å²) in [6, 6.07) is 5.77. The summed E-state index contributed by atoms with van der Waals surface area (Å²) in [4.78, 5) is 11.6. The third kappa shape index (κ3) is 3.66. The first kappa shape index (κ1) is 19.0. The Bertz CT molecular complexity index is 995. The van der Waals surface area contributed by atoms with E-state index in [9.17, 15) is 5.11 Å². The molecule has 3 aliphatic rings.